The van der Waals surface area contributed by atoms with E-state index in [4.69, 9.17) is 14.2 Å². The minimum atomic E-state index is -0.605. The van der Waals surface area contributed by atoms with E-state index >= 15 is 0 Å². The molecule has 0 aliphatic carbocycles. The summed E-state index contributed by atoms with van der Waals surface area (Å²) in [7, 11) is 4.21. The van der Waals surface area contributed by atoms with Gasteiger partial charge in [0.15, 0.2) is 0 Å². The van der Waals surface area contributed by atoms with Gasteiger partial charge in [0.05, 0.1) is 42.9 Å². The third kappa shape index (κ3) is 3.93. The fourth-order valence-corrected chi connectivity index (χ4v) is 3.33. The molecule has 6 nitrogen and oxygen atoms in total. The molecule has 0 radical (unpaired) electrons. The molecule has 1 aromatic rings. The van der Waals surface area contributed by atoms with Crippen LogP contribution in [0.25, 0.3) is 0 Å². The van der Waals surface area contributed by atoms with Crippen LogP contribution < -0.4 is 4.74 Å². The van der Waals surface area contributed by atoms with Gasteiger partial charge in [-0.3, -0.25) is 0 Å². The predicted octanol–water partition coefficient (Wildman–Crippen LogP) is 3.38. The van der Waals surface area contributed by atoms with Gasteiger partial charge in [-0.05, 0) is 47.5 Å². The molecule has 0 N–H and O–H groups in total. The zero-order valence-corrected chi connectivity index (χ0v) is 17.0. The summed E-state index contributed by atoms with van der Waals surface area (Å²) in [4.78, 5) is 26.7. The Morgan fingerprint density at radius 3 is 1.96 bits per heavy atom. The van der Waals surface area contributed by atoms with Gasteiger partial charge >= 0.3 is 11.9 Å². The van der Waals surface area contributed by atoms with Gasteiger partial charge in [0, 0.05) is 18.4 Å². The molecule has 2 rings (SSSR count). The highest BCUT2D eigenvalue weighted by molar-refractivity contribution is 9.10. The van der Waals surface area contributed by atoms with Crippen LogP contribution in [-0.4, -0.2) is 44.2 Å². The van der Waals surface area contributed by atoms with Crippen LogP contribution in [0.1, 0.15) is 25.3 Å². The van der Waals surface area contributed by atoms with E-state index in [2.05, 4.69) is 15.9 Å². The van der Waals surface area contributed by atoms with Gasteiger partial charge in [-0.2, -0.15) is 0 Å². The number of esters is 2. The Morgan fingerprint density at radius 1 is 1.04 bits per heavy atom. The minimum absolute atomic E-state index is 0.0536. The first kappa shape index (κ1) is 20.0. The molecule has 0 aromatic heterocycles. The van der Waals surface area contributed by atoms with E-state index in [0.29, 0.717) is 16.9 Å². The Kier molecular flexibility index (Phi) is 6.47. The van der Waals surface area contributed by atoms with Gasteiger partial charge < -0.3 is 19.1 Å². The van der Waals surface area contributed by atoms with Crippen molar-refractivity contribution in [1.29, 1.82) is 0 Å². The second kappa shape index (κ2) is 8.40. The van der Waals surface area contributed by atoms with Crippen LogP contribution >= 0.6 is 15.9 Å². The summed E-state index contributed by atoms with van der Waals surface area (Å²) in [5, 5.41) is 0. The van der Waals surface area contributed by atoms with E-state index in [-0.39, 0.29) is 6.04 Å². The SMILES string of the molecule is COC(=O)C1=CN(C(C)C)C=C(C(=O)OC)C1c1ccc(OC)c(Br)c1. The van der Waals surface area contributed by atoms with Gasteiger partial charge in [-0.1, -0.05) is 6.07 Å². The van der Waals surface area contributed by atoms with Gasteiger partial charge in [-0.25, -0.2) is 9.59 Å². The van der Waals surface area contributed by atoms with Gasteiger partial charge in [0.2, 0.25) is 0 Å². The lowest BCUT2D eigenvalue weighted by Crippen LogP contribution is -2.31. The highest BCUT2D eigenvalue weighted by Crippen LogP contribution is 2.39. The maximum atomic E-state index is 12.5. The molecule has 0 amide bonds. The number of benzene rings is 1. The van der Waals surface area contributed by atoms with Crippen molar-refractivity contribution in [1.82, 2.24) is 4.90 Å². The topological polar surface area (TPSA) is 65.1 Å². The number of rotatable bonds is 5. The lowest BCUT2D eigenvalue weighted by molar-refractivity contribution is -0.137. The lowest BCUT2D eigenvalue weighted by atomic mass is 9.83. The minimum Gasteiger partial charge on any atom is -0.496 e. The zero-order valence-electron chi connectivity index (χ0n) is 15.4. The Morgan fingerprint density at radius 2 is 1.58 bits per heavy atom. The van der Waals surface area contributed by atoms with E-state index in [9.17, 15) is 9.59 Å². The second-order valence-electron chi connectivity index (χ2n) is 6.02. The molecular weight excluding hydrogens is 402 g/mol. The number of hydrogen-bond acceptors (Lipinski definition) is 6. The van der Waals surface area contributed by atoms with Crippen molar-refractivity contribution in [3.63, 3.8) is 0 Å². The molecule has 1 heterocycles. The molecule has 0 fully saturated rings. The summed E-state index contributed by atoms with van der Waals surface area (Å²) >= 11 is 3.45. The zero-order chi connectivity index (χ0) is 19.4. The molecule has 1 aliphatic rings. The fraction of sp³-hybridized carbons (Fsp3) is 0.368. The van der Waals surface area contributed by atoms with Crippen LogP contribution in [0.15, 0.2) is 46.2 Å². The maximum Gasteiger partial charge on any atom is 0.336 e. The van der Waals surface area contributed by atoms with Gasteiger partial charge in [0.25, 0.3) is 0 Å². The molecule has 1 aromatic carbocycles. The molecule has 7 heteroatoms. The average molecular weight is 424 g/mol. The molecule has 26 heavy (non-hydrogen) atoms. The Balaban J connectivity index is 2.64. The van der Waals surface area contributed by atoms with Crippen molar-refractivity contribution in [3.05, 3.63) is 51.8 Å². The van der Waals surface area contributed by atoms with E-state index in [1.807, 2.05) is 26.0 Å². The summed E-state index contributed by atoms with van der Waals surface area (Å²) in [5.74, 6) is -0.947. The van der Waals surface area contributed by atoms with E-state index in [1.54, 1.807) is 30.5 Å². The largest absolute Gasteiger partial charge is 0.496 e. The highest BCUT2D eigenvalue weighted by atomic mass is 79.9. The first-order chi connectivity index (χ1) is 12.3. The third-order valence-corrected chi connectivity index (χ3v) is 4.77. The van der Waals surface area contributed by atoms with Crippen LogP contribution in [-0.2, 0) is 19.1 Å². The monoisotopic (exact) mass is 423 g/mol. The number of carbonyl (C=O) groups excluding carboxylic acids is 2. The van der Waals surface area contributed by atoms with Crippen LogP contribution in [0.4, 0.5) is 0 Å². The maximum absolute atomic E-state index is 12.5. The molecule has 0 saturated heterocycles. The number of methoxy groups -OCH3 is 3. The van der Waals surface area contributed by atoms with Gasteiger partial charge in [-0.15, -0.1) is 0 Å². The predicted molar refractivity (Wildman–Crippen MR) is 101 cm³/mol. The molecule has 0 atom stereocenters. The second-order valence-corrected chi connectivity index (χ2v) is 6.87. The van der Waals surface area contributed by atoms with E-state index in [0.717, 1.165) is 10.0 Å². The summed E-state index contributed by atoms with van der Waals surface area (Å²) in [5.41, 5.74) is 1.47. The van der Waals surface area contributed by atoms with Crippen molar-refractivity contribution in [3.8, 4) is 5.75 Å². The number of carbonyl (C=O) groups is 2. The quantitative estimate of drug-likeness (QED) is 0.676. The Hall–Kier alpha value is -2.28. The Labute approximate surface area is 161 Å². The van der Waals surface area contributed by atoms with E-state index in [1.165, 1.54) is 14.2 Å². The number of nitrogens with zero attached hydrogens (tertiary/aromatic N) is 1. The lowest BCUT2D eigenvalue weighted by Gasteiger charge is -2.32. The smallest absolute Gasteiger partial charge is 0.336 e. The molecule has 140 valence electrons. The highest BCUT2D eigenvalue weighted by Gasteiger charge is 2.35. The van der Waals surface area contributed by atoms with Crippen molar-refractivity contribution in [2.75, 3.05) is 21.3 Å². The summed E-state index contributed by atoms with van der Waals surface area (Å²) in [6.07, 6.45) is 3.43. The van der Waals surface area contributed by atoms with Crippen molar-refractivity contribution in [2.45, 2.75) is 25.8 Å². The normalized spacial score (nSPS) is 14.7. The first-order valence-corrected chi connectivity index (χ1v) is 8.84. The number of halogens is 1. The first-order valence-electron chi connectivity index (χ1n) is 8.05. The van der Waals surface area contributed by atoms with Crippen molar-refractivity contribution >= 4 is 27.9 Å². The molecule has 1 aliphatic heterocycles. The van der Waals surface area contributed by atoms with Crippen molar-refractivity contribution < 1.29 is 23.8 Å². The van der Waals surface area contributed by atoms with Crippen LogP contribution in [0.5, 0.6) is 5.75 Å². The van der Waals surface area contributed by atoms with E-state index < -0.39 is 17.9 Å². The van der Waals surface area contributed by atoms with Crippen molar-refractivity contribution in [2.24, 2.45) is 0 Å². The summed E-state index contributed by atoms with van der Waals surface area (Å²) in [6.45, 7) is 3.92. The Bertz CT molecular complexity index is 735. The molecule has 0 unspecified atom stereocenters. The number of hydrogen-bond donors (Lipinski definition) is 0. The average Bonchev–Trinajstić information content (AvgIpc) is 2.65. The third-order valence-electron chi connectivity index (χ3n) is 4.15. The summed E-state index contributed by atoms with van der Waals surface area (Å²) in [6, 6.07) is 5.46. The fourth-order valence-electron chi connectivity index (χ4n) is 2.77. The molecule has 0 spiro atoms. The van der Waals surface area contributed by atoms with Gasteiger partial charge in [0.1, 0.15) is 5.75 Å². The van der Waals surface area contributed by atoms with Crippen LogP contribution in [0.3, 0.4) is 0 Å². The standard InChI is InChI=1S/C19H22BrNO5/c1-11(2)21-9-13(18(22)25-4)17(14(10-21)19(23)26-5)12-6-7-16(24-3)15(20)8-12/h6-11,17H,1-5H3. The van der Waals surface area contributed by atoms with Crippen LogP contribution in [0, 0.1) is 0 Å². The number of ether oxygens (including phenoxy) is 3. The molecule has 0 bridgehead atoms. The van der Waals surface area contributed by atoms with Crippen LogP contribution in [0.2, 0.25) is 0 Å². The summed E-state index contributed by atoms with van der Waals surface area (Å²) < 4.78 is 15.9. The molecular formula is C19H22BrNO5. The molecule has 0 saturated carbocycles.